The third-order valence-electron chi connectivity index (χ3n) is 3.81. The van der Waals surface area contributed by atoms with Crippen LogP contribution < -0.4 is 22.1 Å². The summed E-state index contributed by atoms with van der Waals surface area (Å²) in [5, 5.41) is 32.5. The van der Waals surface area contributed by atoms with E-state index in [0.29, 0.717) is 11.1 Å². The van der Waals surface area contributed by atoms with E-state index in [2.05, 4.69) is 20.6 Å². The molecule has 1 atom stereocenters. The number of rotatable bonds is 2. The fourth-order valence-electron chi connectivity index (χ4n) is 2.66. The second-order valence-corrected chi connectivity index (χ2v) is 5.33. The minimum absolute atomic E-state index is 0.0110. The van der Waals surface area contributed by atoms with Crippen LogP contribution in [0.25, 0.3) is 0 Å². The van der Waals surface area contributed by atoms with Crippen LogP contribution in [0.1, 0.15) is 33.1 Å². The summed E-state index contributed by atoms with van der Waals surface area (Å²) >= 11 is 0. The van der Waals surface area contributed by atoms with Gasteiger partial charge in [0.1, 0.15) is 29.3 Å². The number of nitrogen functional groups attached to an aromatic ring is 2. The third kappa shape index (κ3) is 2.68. The van der Waals surface area contributed by atoms with Gasteiger partial charge in [0, 0.05) is 5.56 Å². The molecule has 0 spiro atoms. The molecule has 0 aliphatic carbocycles. The Balaban J connectivity index is 2.25. The van der Waals surface area contributed by atoms with E-state index in [1.54, 1.807) is 18.3 Å². The van der Waals surface area contributed by atoms with Gasteiger partial charge in [0.05, 0.1) is 11.3 Å². The Morgan fingerprint density at radius 1 is 1.35 bits per heavy atom. The number of anilines is 3. The van der Waals surface area contributed by atoms with Crippen molar-refractivity contribution in [1.82, 2.24) is 10.3 Å². The van der Waals surface area contributed by atoms with Crippen LogP contribution in [0.15, 0.2) is 29.3 Å². The van der Waals surface area contributed by atoms with Gasteiger partial charge in [0.2, 0.25) is 5.96 Å². The summed E-state index contributed by atoms with van der Waals surface area (Å²) in [5.74, 6) is -0.826. The number of hydrogen-bond acceptors (Lipinski definition) is 9. The Morgan fingerprint density at radius 2 is 2.12 bits per heavy atom. The average molecular weight is 348 g/mol. The van der Waals surface area contributed by atoms with Crippen LogP contribution in [-0.4, -0.2) is 22.0 Å². The number of nitrogens with two attached hydrogens (primary N) is 2. The number of aromatic nitrogens is 1. The van der Waals surface area contributed by atoms with E-state index >= 15 is 0 Å². The Labute approximate surface area is 147 Å². The fourth-order valence-corrected chi connectivity index (χ4v) is 2.66. The molecule has 1 aliphatic heterocycles. The number of pyridine rings is 1. The molecule has 0 bridgehead atoms. The van der Waals surface area contributed by atoms with Gasteiger partial charge in [0.25, 0.3) is 0 Å². The normalized spacial score (nSPS) is 14.8. The lowest BCUT2D eigenvalue weighted by atomic mass is 9.94. The number of carbonyl (C=O) groups is 1. The molecule has 0 fully saturated rings. The van der Waals surface area contributed by atoms with Crippen molar-refractivity contribution in [2.45, 2.75) is 6.04 Å². The van der Waals surface area contributed by atoms with Gasteiger partial charge in [-0.15, -0.1) is 0 Å². The molecule has 10 nitrogen and oxygen atoms in total. The standard InChI is InChI=1S/C16H12N8O2/c17-5-9-11(19)10-12(7-2-1-3-8(4-7)15(25)26)22-16(21-6-18)24-14(10)23-13(9)20/h1-4,12H,(H,25,26)(H6,19,20,21,22,23,24). The molecule has 1 aromatic carbocycles. The molecule has 0 saturated heterocycles. The molecule has 0 amide bonds. The van der Waals surface area contributed by atoms with Crippen LogP contribution in [0.5, 0.6) is 0 Å². The second-order valence-electron chi connectivity index (χ2n) is 5.33. The third-order valence-corrected chi connectivity index (χ3v) is 3.81. The smallest absolute Gasteiger partial charge is 0.335 e. The number of guanidine groups is 1. The predicted molar refractivity (Wildman–Crippen MR) is 92.8 cm³/mol. The molecular formula is C16H12N8O2. The molecule has 128 valence electrons. The fraction of sp³-hybridized carbons (Fsp3) is 0.0625. The van der Waals surface area contributed by atoms with Crippen molar-refractivity contribution < 1.29 is 9.90 Å². The highest BCUT2D eigenvalue weighted by molar-refractivity contribution is 5.98. The number of hydrogen-bond donors (Lipinski definition) is 5. The second kappa shape index (κ2) is 6.30. The van der Waals surface area contributed by atoms with Gasteiger partial charge in [0.15, 0.2) is 6.19 Å². The van der Waals surface area contributed by atoms with Crippen LogP contribution in [-0.2, 0) is 0 Å². The van der Waals surface area contributed by atoms with E-state index < -0.39 is 12.0 Å². The Kier molecular flexibility index (Phi) is 4.01. The minimum Gasteiger partial charge on any atom is -0.478 e. The summed E-state index contributed by atoms with van der Waals surface area (Å²) in [6.45, 7) is 0. The number of benzene rings is 1. The Bertz CT molecular complexity index is 1030. The summed E-state index contributed by atoms with van der Waals surface area (Å²) < 4.78 is 0. The van der Waals surface area contributed by atoms with Crippen molar-refractivity contribution in [3.05, 3.63) is 46.5 Å². The van der Waals surface area contributed by atoms with Gasteiger partial charge in [-0.2, -0.15) is 10.5 Å². The molecule has 3 rings (SSSR count). The quantitative estimate of drug-likeness (QED) is 0.385. The van der Waals surface area contributed by atoms with Gasteiger partial charge in [-0.05, 0) is 17.7 Å². The molecule has 0 saturated carbocycles. The molecule has 26 heavy (non-hydrogen) atoms. The van der Waals surface area contributed by atoms with Gasteiger partial charge in [-0.1, -0.05) is 12.1 Å². The highest BCUT2D eigenvalue weighted by Crippen LogP contribution is 2.40. The molecule has 2 aromatic rings. The highest BCUT2D eigenvalue weighted by Gasteiger charge is 2.29. The molecular weight excluding hydrogens is 336 g/mol. The first kappa shape index (κ1) is 16.5. The van der Waals surface area contributed by atoms with Crippen LogP contribution in [0.3, 0.4) is 0 Å². The number of nitriles is 2. The van der Waals surface area contributed by atoms with Crippen LogP contribution >= 0.6 is 0 Å². The van der Waals surface area contributed by atoms with E-state index in [9.17, 15) is 15.2 Å². The van der Waals surface area contributed by atoms with Crippen molar-refractivity contribution in [3.63, 3.8) is 0 Å². The first-order valence-electron chi connectivity index (χ1n) is 7.28. The number of aliphatic imine (C=N–C) groups is 1. The van der Waals surface area contributed by atoms with Crippen molar-refractivity contribution >= 4 is 29.3 Å². The zero-order chi connectivity index (χ0) is 18.8. The van der Waals surface area contributed by atoms with Crippen molar-refractivity contribution in [2.24, 2.45) is 4.99 Å². The Hall–Kier alpha value is -4.31. The lowest BCUT2D eigenvalue weighted by Gasteiger charge is -2.26. The maximum Gasteiger partial charge on any atom is 0.335 e. The number of aromatic carboxylic acids is 1. The lowest BCUT2D eigenvalue weighted by Crippen LogP contribution is -2.32. The topological polar surface area (TPSA) is 186 Å². The van der Waals surface area contributed by atoms with Gasteiger partial charge in [-0.3, -0.25) is 5.32 Å². The first-order valence-corrected chi connectivity index (χ1v) is 7.28. The van der Waals surface area contributed by atoms with Crippen molar-refractivity contribution in [2.75, 3.05) is 16.8 Å². The van der Waals surface area contributed by atoms with E-state index in [4.69, 9.17) is 16.7 Å². The zero-order valence-corrected chi connectivity index (χ0v) is 13.2. The SMILES string of the molecule is N#CNC1=NC(c2cccc(C(=O)O)c2)c2c(nc(N)c(C#N)c2N)N1. The monoisotopic (exact) mass is 348 g/mol. The molecule has 1 aromatic heterocycles. The lowest BCUT2D eigenvalue weighted by molar-refractivity contribution is 0.0696. The number of carboxylic acids is 1. The summed E-state index contributed by atoms with van der Waals surface area (Å²) in [6.07, 6.45) is 1.74. The van der Waals surface area contributed by atoms with Crippen LogP contribution in [0.4, 0.5) is 17.3 Å². The van der Waals surface area contributed by atoms with Crippen LogP contribution in [0.2, 0.25) is 0 Å². The summed E-state index contributed by atoms with van der Waals surface area (Å²) in [5.41, 5.74) is 12.9. The number of fused-ring (bicyclic) bond motifs is 1. The zero-order valence-electron chi connectivity index (χ0n) is 13.2. The van der Waals surface area contributed by atoms with Gasteiger partial charge in [-0.25, -0.2) is 14.8 Å². The molecule has 0 radical (unpaired) electrons. The molecule has 7 N–H and O–H groups in total. The number of nitrogens with zero attached hydrogens (tertiary/aromatic N) is 4. The average Bonchev–Trinajstić information content (AvgIpc) is 2.61. The highest BCUT2D eigenvalue weighted by atomic mass is 16.4. The summed E-state index contributed by atoms with van der Waals surface area (Å²) in [4.78, 5) is 19.7. The molecule has 1 aliphatic rings. The maximum atomic E-state index is 11.3. The van der Waals surface area contributed by atoms with E-state index in [-0.39, 0.29) is 34.4 Å². The predicted octanol–water partition coefficient (Wildman–Crippen LogP) is 0.757. The Morgan fingerprint density at radius 3 is 2.77 bits per heavy atom. The maximum absolute atomic E-state index is 11.3. The number of nitrogens with one attached hydrogen (secondary N) is 2. The van der Waals surface area contributed by atoms with Crippen molar-refractivity contribution in [1.29, 1.82) is 10.5 Å². The summed E-state index contributed by atoms with van der Waals surface area (Å²) in [7, 11) is 0. The number of carboxylic acid groups (broad SMARTS) is 1. The molecule has 2 heterocycles. The molecule has 10 heteroatoms. The summed E-state index contributed by atoms with van der Waals surface area (Å²) in [6, 6.07) is 7.25. The van der Waals surface area contributed by atoms with E-state index in [1.165, 1.54) is 12.1 Å². The van der Waals surface area contributed by atoms with E-state index in [0.717, 1.165) is 0 Å². The van der Waals surface area contributed by atoms with Gasteiger partial charge >= 0.3 is 5.97 Å². The minimum atomic E-state index is -1.10. The van der Waals surface area contributed by atoms with E-state index in [1.807, 2.05) is 6.07 Å². The van der Waals surface area contributed by atoms with Gasteiger partial charge < -0.3 is 21.9 Å². The first-order chi connectivity index (χ1) is 12.5. The van der Waals surface area contributed by atoms with Crippen LogP contribution in [0, 0.1) is 22.8 Å². The molecule has 1 unspecified atom stereocenters. The largest absolute Gasteiger partial charge is 0.478 e. The van der Waals surface area contributed by atoms with Crippen molar-refractivity contribution in [3.8, 4) is 12.3 Å².